The van der Waals surface area contributed by atoms with Gasteiger partial charge in [-0.25, -0.2) is 0 Å². The summed E-state index contributed by atoms with van der Waals surface area (Å²) in [6.45, 7) is 0.359. The predicted octanol–water partition coefficient (Wildman–Crippen LogP) is -7.03. The van der Waals surface area contributed by atoms with E-state index in [4.69, 9.17) is 42.9 Å². The first kappa shape index (κ1) is 34.7. The molecule has 250 valence electrons. The summed E-state index contributed by atoms with van der Waals surface area (Å²) >= 11 is 0. The Bertz CT molecular complexity index is 918. The Labute approximate surface area is 250 Å². The van der Waals surface area contributed by atoms with Crippen LogP contribution in [0, 0.1) is 5.92 Å². The highest BCUT2D eigenvalue weighted by Gasteiger charge is 2.55. The van der Waals surface area contributed by atoms with E-state index in [0.717, 1.165) is 0 Å². The van der Waals surface area contributed by atoms with Crippen LogP contribution in [-0.4, -0.2) is 154 Å². The lowest BCUT2D eigenvalue weighted by Crippen LogP contribution is -2.71. The first-order valence-corrected chi connectivity index (χ1v) is 15.1. The fourth-order valence-electron chi connectivity index (χ4n) is 6.82. The largest absolute Gasteiger partial charge is 0.394 e. The van der Waals surface area contributed by atoms with E-state index in [9.17, 15) is 35.4 Å². The maximum Gasteiger partial charge on any atom is 0.252 e. The molecule has 4 fully saturated rings. The Morgan fingerprint density at radius 2 is 1.65 bits per heavy atom. The van der Waals surface area contributed by atoms with E-state index in [-0.39, 0.29) is 38.3 Å². The molecule has 1 amide bonds. The molecule has 2 aliphatic heterocycles. The van der Waals surface area contributed by atoms with Crippen LogP contribution < -0.4 is 39.3 Å². The zero-order chi connectivity index (χ0) is 31.6. The van der Waals surface area contributed by atoms with Crippen LogP contribution in [0.5, 0.6) is 0 Å². The van der Waals surface area contributed by atoms with Crippen LogP contribution in [-0.2, 0) is 19.0 Å². The molecule has 0 aromatic carbocycles. The van der Waals surface area contributed by atoms with Crippen molar-refractivity contribution in [2.45, 2.75) is 123 Å². The van der Waals surface area contributed by atoms with Crippen molar-refractivity contribution in [3.8, 4) is 0 Å². The molecule has 4 aliphatic rings. The molecule has 17 heteroatoms. The maximum absolute atomic E-state index is 13.1. The minimum absolute atomic E-state index is 0.0233. The molecule has 2 aliphatic carbocycles. The van der Waals surface area contributed by atoms with Crippen molar-refractivity contribution < 1.29 is 49.6 Å². The summed E-state index contributed by atoms with van der Waals surface area (Å²) in [5.74, 6) is -1.53. The van der Waals surface area contributed by atoms with E-state index in [1.54, 1.807) is 0 Å². The molecule has 2 saturated heterocycles. The van der Waals surface area contributed by atoms with E-state index in [1.807, 2.05) is 0 Å². The normalized spacial score (nSPS) is 48.9. The standard InChI is InChI=1S/C26H51N7O10/c27-2-1-3-32-12-5-14(35)15(8-28)41-22(12)17-11(30)4-13(33-25(39)26(40)6-10(29)7-26)23(20(17)37)43-24-21(38)18(31)19(36)16(9-34)42-24/h10-24,32,34-38,40H,1-9,27-31H2,(H,33,39). The van der Waals surface area contributed by atoms with Gasteiger partial charge in [0, 0.05) is 43.4 Å². The number of nitrogens with two attached hydrogens (primary N) is 5. The van der Waals surface area contributed by atoms with Gasteiger partial charge in [0.2, 0.25) is 0 Å². The third-order valence-corrected chi connectivity index (χ3v) is 9.37. The summed E-state index contributed by atoms with van der Waals surface area (Å²) in [6.07, 6.45) is -9.59. The van der Waals surface area contributed by atoms with Crippen molar-refractivity contribution in [3.63, 3.8) is 0 Å². The summed E-state index contributed by atoms with van der Waals surface area (Å²) in [6, 6.07) is -3.76. The van der Waals surface area contributed by atoms with E-state index in [0.29, 0.717) is 19.5 Å². The molecule has 0 aromatic heterocycles. The van der Waals surface area contributed by atoms with Gasteiger partial charge >= 0.3 is 0 Å². The first-order valence-electron chi connectivity index (χ1n) is 15.1. The second-order valence-electron chi connectivity index (χ2n) is 12.5. The van der Waals surface area contributed by atoms with Crippen molar-refractivity contribution in [2.24, 2.45) is 34.6 Å². The van der Waals surface area contributed by atoms with E-state index in [2.05, 4.69) is 10.6 Å². The van der Waals surface area contributed by atoms with E-state index in [1.165, 1.54) is 0 Å². The second kappa shape index (κ2) is 14.5. The molecule has 43 heavy (non-hydrogen) atoms. The first-order chi connectivity index (χ1) is 20.3. The summed E-state index contributed by atoms with van der Waals surface area (Å²) in [5.41, 5.74) is 28.3. The van der Waals surface area contributed by atoms with Gasteiger partial charge in [-0.05, 0) is 32.4 Å². The molecule has 14 unspecified atom stereocenters. The zero-order valence-electron chi connectivity index (χ0n) is 24.2. The molecule has 0 aromatic rings. The highest BCUT2D eigenvalue weighted by Crippen LogP contribution is 2.38. The molecule has 14 atom stereocenters. The van der Waals surface area contributed by atoms with Crippen LogP contribution >= 0.6 is 0 Å². The lowest BCUT2D eigenvalue weighted by molar-refractivity contribution is -0.307. The second-order valence-corrected chi connectivity index (χ2v) is 12.5. The quantitative estimate of drug-likeness (QED) is 0.0953. The highest BCUT2D eigenvalue weighted by atomic mass is 16.7. The Balaban J connectivity index is 1.62. The van der Waals surface area contributed by atoms with Gasteiger partial charge in [-0.1, -0.05) is 0 Å². The van der Waals surface area contributed by atoms with E-state index >= 15 is 0 Å². The number of carbonyl (C=O) groups excluding carboxylic acids is 1. The number of ether oxygens (including phenoxy) is 3. The van der Waals surface area contributed by atoms with Gasteiger partial charge in [-0.3, -0.25) is 4.79 Å². The van der Waals surface area contributed by atoms with Gasteiger partial charge in [0.05, 0.1) is 43.1 Å². The van der Waals surface area contributed by atoms with Gasteiger partial charge in [0.25, 0.3) is 5.91 Å². The van der Waals surface area contributed by atoms with Crippen molar-refractivity contribution >= 4 is 5.91 Å². The zero-order valence-corrected chi connectivity index (χ0v) is 24.2. The van der Waals surface area contributed by atoms with E-state index < -0.39 is 103 Å². The number of amides is 1. The minimum Gasteiger partial charge on any atom is -0.394 e. The van der Waals surface area contributed by atoms with Crippen LogP contribution in [0.15, 0.2) is 0 Å². The van der Waals surface area contributed by atoms with Crippen molar-refractivity contribution in [2.75, 3.05) is 26.2 Å². The number of aliphatic hydroxyl groups excluding tert-OH is 5. The van der Waals surface area contributed by atoms with Crippen LogP contribution in [0.2, 0.25) is 0 Å². The SMILES string of the molecule is NCCCNC1CC(O)C(CN)OC1C1C(N)CC(NC(=O)C2(O)CC(N)C2)C(OC2OC(CO)C(O)C(N)C2O)C1O. The monoisotopic (exact) mass is 621 g/mol. The van der Waals surface area contributed by atoms with Crippen LogP contribution in [0.3, 0.4) is 0 Å². The van der Waals surface area contributed by atoms with Gasteiger partial charge in [0.1, 0.15) is 30.0 Å². The predicted molar refractivity (Wildman–Crippen MR) is 151 cm³/mol. The topological polar surface area (TPSA) is 320 Å². The summed E-state index contributed by atoms with van der Waals surface area (Å²) < 4.78 is 18.0. The molecule has 0 bridgehead atoms. The molecule has 0 spiro atoms. The van der Waals surface area contributed by atoms with Crippen molar-refractivity contribution in [1.29, 1.82) is 0 Å². The number of aliphatic hydroxyl groups is 6. The Hall–Kier alpha value is -1.13. The Morgan fingerprint density at radius 1 is 0.953 bits per heavy atom. The molecule has 4 rings (SSSR count). The fourth-order valence-corrected chi connectivity index (χ4v) is 6.82. The van der Waals surface area contributed by atoms with Crippen LogP contribution in [0.1, 0.15) is 32.1 Å². The summed E-state index contributed by atoms with van der Waals surface area (Å²) in [5, 5.41) is 70.1. The molecular weight excluding hydrogens is 570 g/mol. The fraction of sp³-hybridized carbons (Fsp3) is 0.962. The third-order valence-electron chi connectivity index (χ3n) is 9.37. The lowest BCUT2D eigenvalue weighted by Gasteiger charge is -2.52. The smallest absolute Gasteiger partial charge is 0.252 e. The lowest BCUT2D eigenvalue weighted by atomic mass is 9.71. The van der Waals surface area contributed by atoms with Crippen LogP contribution in [0.25, 0.3) is 0 Å². The average molecular weight is 622 g/mol. The third kappa shape index (κ3) is 7.32. The number of hydrogen-bond acceptors (Lipinski definition) is 16. The molecule has 18 N–H and O–H groups in total. The maximum atomic E-state index is 13.1. The number of nitrogens with one attached hydrogen (secondary N) is 2. The summed E-state index contributed by atoms with van der Waals surface area (Å²) in [4.78, 5) is 13.1. The molecular formula is C26H51N7O10. The average Bonchev–Trinajstić information content (AvgIpc) is 2.95. The molecule has 17 nitrogen and oxygen atoms in total. The number of carbonyl (C=O) groups is 1. The number of rotatable bonds is 11. The van der Waals surface area contributed by atoms with Gasteiger partial charge < -0.3 is 84.2 Å². The Morgan fingerprint density at radius 3 is 2.26 bits per heavy atom. The molecule has 0 radical (unpaired) electrons. The Kier molecular flexibility index (Phi) is 11.7. The highest BCUT2D eigenvalue weighted by molar-refractivity contribution is 5.86. The van der Waals surface area contributed by atoms with Crippen LogP contribution in [0.4, 0.5) is 0 Å². The van der Waals surface area contributed by atoms with Crippen molar-refractivity contribution in [3.05, 3.63) is 0 Å². The summed E-state index contributed by atoms with van der Waals surface area (Å²) in [7, 11) is 0. The molecule has 2 saturated carbocycles. The number of hydrogen-bond donors (Lipinski definition) is 13. The van der Waals surface area contributed by atoms with Gasteiger partial charge in [-0.2, -0.15) is 0 Å². The van der Waals surface area contributed by atoms with Gasteiger partial charge in [-0.15, -0.1) is 0 Å². The molecule has 2 heterocycles. The van der Waals surface area contributed by atoms with Gasteiger partial charge in [0.15, 0.2) is 6.29 Å². The minimum atomic E-state index is -1.69. The van der Waals surface area contributed by atoms with Crippen molar-refractivity contribution in [1.82, 2.24) is 10.6 Å².